The van der Waals surface area contributed by atoms with Gasteiger partial charge in [-0.15, -0.1) is 0 Å². The maximum Gasteiger partial charge on any atom is 0.162 e. The number of carbonyl (C=O) groups excluding carboxylic acids is 1. The van der Waals surface area contributed by atoms with E-state index in [0.717, 1.165) is 30.4 Å². The van der Waals surface area contributed by atoms with E-state index in [9.17, 15) is 4.79 Å². The molecule has 0 bridgehead atoms. The van der Waals surface area contributed by atoms with Gasteiger partial charge in [-0.1, -0.05) is 35.9 Å². The Kier molecular flexibility index (Phi) is 3.79. The van der Waals surface area contributed by atoms with Crippen LogP contribution in [0, 0.1) is 0 Å². The first-order chi connectivity index (χ1) is 7.77. The van der Waals surface area contributed by atoms with E-state index in [1.807, 2.05) is 24.3 Å². The summed E-state index contributed by atoms with van der Waals surface area (Å²) in [7, 11) is 0. The monoisotopic (exact) mass is 234 g/mol. The van der Waals surface area contributed by atoms with Crippen LogP contribution in [0.3, 0.4) is 0 Å². The largest absolute Gasteiger partial charge is 0.294 e. The molecule has 0 saturated carbocycles. The van der Waals surface area contributed by atoms with Crippen molar-refractivity contribution in [1.29, 1.82) is 0 Å². The average molecular weight is 235 g/mol. The zero-order valence-corrected chi connectivity index (χ0v) is 9.96. The van der Waals surface area contributed by atoms with E-state index < -0.39 is 0 Å². The highest BCUT2D eigenvalue weighted by atomic mass is 35.5. The number of carbonyl (C=O) groups is 1. The van der Waals surface area contributed by atoms with Crippen LogP contribution in [0.5, 0.6) is 0 Å². The minimum Gasteiger partial charge on any atom is -0.294 e. The zero-order chi connectivity index (χ0) is 11.4. The molecule has 2 rings (SSSR count). The van der Waals surface area contributed by atoms with Crippen LogP contribution in [0.1, 0.15) is 31.2 Å². The smallest absolute Gasteiger partial charge is 0.162 e. The van der Waals surface area contributed by atoms with Gasteiger partial charge >= 0.3 is 0 Å². The Labute approximate surface area is 101 Å². The summed E-state index contributed by atoms with van der Waals surface area (Å²) in [6, 6.07) is 7.56. The van der Waals surface area contributed by atoms with Crippen LogP contribution in [-0.4, -0.2) is 5.78 Å². The van der Waals surface area contributed by atoms with Crippen molar-refractivity contribution in [3.8, 4) is 0 Å². The van der Waals surface area contributed by atoms with Crippen LogP contribution in [0.4, 0.5) is 0 Å². The van der Waals surface area contributed by atoms with Crippen LogP contribution >= 0.6 is 11.6 Å². The summed E-state index contributed by atoms with van der Waals surface area (Å²) < 4.78 is 0. The van der Waals surface area contributed by atoms with Gasteiger partial charge < -0.3 is 0 Å². The third-order valence-electron chi connectivity index (χ3n) is 2.96. The summed E-state index contributed by atoms with van der Waals surface area (Å²) in [6.07, 6.45) is 6.85. The van der Waals surface area contributed by atoms with Gasteiger partial charge in [0.05, 0.1) is 0 Å². The third kappa shape index (κ3) is 2.73. The Morgan fingerprint density at radius 3 is 2.75 bits per heavy atom. The minimum absolute atomic E-state index is 0.229. The van der Waals surface area contributed by atoms with E-state index in [-0.39, 0.29) is 5.78 Å². The lowest BCUT2D eigenvalue weighted by molar-refractivity contribution is -0.115. The number of ketones is 1. The van der Waals surface area contributed by atoms with E-state index in [1.54, 1.807) is 0 Å². The number of Topliss-reactive ketones (excluding diaryl/α,β-unsaturated/α-hetero) is 1. The van der Waals surface area contributed by atoms with Crippen molar-refractivity contribution in [2.45, 2.75) is 32.1 Å². The van der Waals surface area contributed by atoms with Crippen LogP contribution in [0.2, 0.25) is 5.02 Å². The van der Waals surface area contributed by atoms with Crippen LogP contribution in [0.25, 0.3) is 0 Å². The highest BCUT2D eigenvalue weighted by molar-refractivity contribution is 6.31. The molecule has 1 aliphatic carbocycles. The van der Waals surface area contributed by atoms with Crippen molar-refractivity contribution < 1.29 is 4.79 Å². The summed E-state index contributed by atoms with van der Waals surface area (Å²) in [5.74, 6) is 0.229. The van der Waals surface area contributed by atoms with Gasteiger partial charge in [-0.05, 0) is 42.9 Å². The molecule has 0 N–H and O–H groups in total. The Morgan fingerprint density at radius 2 is 2.06 bits per heavy atom. The molecule has 0 aliphatic heterocycles. The van der Waals surface area contributed by atoms with Gasteiger partial charge in [-0.3, -0.25) is 4.79 Å². The quantitative estimate of drug-likeness (QED) is 0.774. The molecule has 2 heteroatoms. The molecular formula is C14H15ClO. The molecule has 0 saturated heterocycles. The van der Waals surface area contributed by atoms with Gasteiger partial charge in [0.2, 0.25) is 0 Å². The molecule has 0 spiro atoms. The minimum atomic E-state index is 0.229. The lowest BCUT2D eigenvalue weighted by atomic mass is 9.93. The third-order valence-corrected chi connectivity index (χ3v) is 3.33. The van der Waals surface area contributed by atoms with Crippen molar-refractivity contribution in [3.05, 3.63) is 46.5 Å². The summed E-state index contributed by atoms with van der Waals surface area (Å²) in [5, 5.41) is 0.687. The molecule has 1 nitrogen and oxygen atoms in total. The van der Waals surface area contributed by atoms with Crippen LogP contribution in [-0.2, 0) is 11.2 Å². The Bertz CT molecular complexity index is 420. The summed E-state index contributed by atoms with van der Waals surface area (Å²) in [5.41, 5.74) is 1.92. The molecule has 84 valence electrons. The molecule has 0 fully saturated rings. The number of benzene rings is 1. The number of rotatable bonds is 3. The average Bonchev–Trinajstić information content (AvgIpc) is 2.33. The van der Waals surface area contributed by atoms with E-state index >= 15 is 0 Å². The summed E-state index contributed by atoms with van der Waals surface area (Å²) >= 11 is 6.04. The first-order valence-corrected chi connectivity index (χ1v) is 6.11. The second-order valence-electron chi connectivity index (χ2n) is 4.17. The summed E-state index contributed by atoms with van der Waals surface area (Å²) in [6.45, 7) is 0. The van der Waals surface area contributed by atoms with Gasteiger partial charge in [-0.2, -0.15) is 0 Å². The molecule has 0 heterocycles. The SMILES string of the molecule is O=C(Cc1ccccc1Cl)C1=CCCCC1. The summed E-state index contributed by atoms with van der Waals surface area (Å²) in [4.78, 5) is 12.0. The second-order valence-corrected chi connectivity index (χ2v) is 4.57. The van der Waals surface area contributed by atoms with Crippen LogP contribution in [0.15, 0.2) is 35.9 Å². The van der Waals surface area contributed by atoms with E-state index in [0.29, 0.717) is 11.4 Å². The molecule has 0 unspecified atom stereocenters. The molecule has 0 radical (unpaired) electrons. The number of allylic oxidation sites excluding steroid dienone is 2. The highest BCUT2D eigenvalue weighted by Gasteiger charge is 2.13. The molecule has 1 aliphatic rings. The fourth-order valence-electron chi connectivity index (χ4n) is 2.02. The zero-order valence-electron chi connectivity index (χ0n) is 9.21. The fraction of sp³-hybridized carbons (Fsp3) is 0.357. The van der Waals surface area contributed by atoms with Crippen molar-refractivity contribution in [1.82, 2.24) is 0 Å². The highest BCUT2D eigenvalue weighted by Crippen LogP contribution is 2.22. The van der Waals surface area contributed by atoms with Crippen molar-refractivity contribution in [3.63, 3.8) is 0 Å². The maximum atomic E-state index is 12.0. The normalized spacial score (nSPS) is 15.7. The molecule has 16 heavy (non-hydrogen) atoms. The Morgan fingerprint density at radius 1 is 1.25 bits per heavy atom. The molecular weight excluding hydrogens is 220 g/mol. The lowest BCUT2D eigenvalue weighted by Gasteiger charge is -2.11. The van der Waals surface area contributed by atoms with Gasteiger partial charge in [0, 0.05) is 11.4 Å². The lowest BCUT2D eigenvalue weighted by Crippen LogP contribution is -2.09. The van der Waals surface area contributed by atoms with E-state index in [1.165, 1.54) is 6.42 Å². The first-order valence-electron chi connectivity index (χ1n) is 5.73. The Balaban J connectivity index is 2.07. The predicted octanol–water partition coefficient (Wildman–Crippen LogP) is 3.95. The van der Waals surface area contributed by atoms with Gasteiger partial charge in [-0.25, -0.2) is 0 Å². The van der Waals surface area contributed by atoms with Gasteiger partial charge in [0.25, 0.3) is 0 Å². The molecule has 1 aromatic rings. The molecule has 0 atom stereocenters. The van der Waals surface area contributed by atoms with Gasteiger partial charge in [0.15, 0.2) is 5.78 Å². The first kappa shape index (κ1) is 11.4. The second kappa shape index (κ2) is 5.31. The van der Waals surface area contributed by atoms with E-state index in [4.69, 9.17) is 11.6 Å². The molecule has 1 aromatic carbocycles. The topological polar surface area (TPSA) is 17.1 Å². The predicted molar refractivity (Wildman–Crippen MR) is 66.7 cm³/mol. The van der Waals surface area contributed by atoms with Crippen molar-refractivity contribution in [2.24, 2.45) is 0 Å². The molecule has 0 aromatic heterocycles. The standard InChI is InChI=1S/C14H15ClO/c15-13-9-5-4-8-12(13)10-14(16)11-6-2-1-3-7-11/h4-6,8-9H,1-3,7,10H2. The van der Waals surface area contributed by atoms with Gasteiger partial charge in [0.1, 0.15) is 0 Å². The van der Waals surface area contributed by atoms with Crippen LogP contribution < -0.4 is 0 Å². The Hall–Kier alpha value is -1.08. The number of hydrogen-bond donors (Lipinski definition) is 0. The fourth-order valence-corrected chi connectivity index (χ4v) is 2.22. The molecule has 0 amide bonds. The number of hydrogen-bond acceptors (Lipinski definition) is 1. The number of halogens is 1. The van der Waals surface area contributed by atoms with Crippen molar-refractivity contribution >= 4 is 17.4 Å². The van der Waals surface area contributed by atoms with Crippen molar-refractivity contribution in [2.75, 3.05) is 0 Å². The maximum absolute atomic E-state index is 12.0. The van der Waals surface area contributed by atoms with E-state index in [2.05, 4.69) is 6.08 Å².